The van der Waals surface area contributed by atoms with Crippen molar-refractivity contribution in [2.45, 2.75) is 44.5 Å². The van der Waals surface area contributed by atoms with E-state index >= 15 is 0 Å². The minimum Gasteiger partial charge on any atom is -0.325 e. The summed E-state index contributed by atoms with van der Waals surface area (Å²) in [6.07, 6.45) is 0.979. The van der Waals surface area contributed by atoms with Gasteiger partial charge in [0.25, 0.3) is 5.78 Å². The number of fused-ring (bicyclic) bond motifs is 1. The number of nitrogens with one attached hydrogen (secondary N) is 1. The molecule has 0 spiro atoms. The van der Waals surface area contributed by atoms with Crippen molar-refractivity contribution in [1.29, 1.82) is 0 Å². The summed E-state index contributed by atoms with van der Waals surface area (Å²) in [4.78, 5) is 16.8. The molecule has 1 aromatic carbocycles. The highest BCUT2D eigenvalue weighted by Gasteiger charge is 2.19. The molecular weight excluding hydrogens is 334 g/mol. The lowest BCUT2D eigenvalue weighted by Gasteiger charge is -2.12. The van der Waals surface area contributed by atoms with Crippen LogP contribution in [0.2, 0.25) is 0 Å². The predicted octanol–water partition coefficient (Wildman–Crippen LogP) is 3.42. The van der Waals surface area contributed by atoms with Gasteiger partial charge in [0.1, 0.15) is 0 Å². The topological polar surface area (TPSA) is 72.2 Å². The van der Waals surface area contributed by atoms with E-state index < -0.39 is 0 Å². The van der Waals surface area contributed by atoms with Gasteiger partial charge in [-0.15, -0.1) is 10.2 Å². The monoisotopic (exact) mass is 355 g/mol. The van der Waals surface area contributed by atoms with Gasteiger partial charge in [-0.05, 0) is 51.0 Å². The Labute approximate surface area is 151 Å². The Morgan fingerprint density at radius 2 is 1.96 bits per heavy atom. The molecule has 1 atom stereocenters. The van der Waals surface area contributed by atoms with Crippen LogP contribution in [-0.4, -0.2) is 30.7 Å². The molecular formula is C18H21N5OS. The van der Waals surface area contributed by atoms with E-state index in [-0.39, 0.29) is 11.2 Å². The molecule has 6 nitrogen and oxygen atoms in total. The van der Waals surface area contributed by atoms with Crippen LogP contribution in [0.25, 0.3) is 5.78 Å². The molecule has 0 saturated carbocycles. The van der Waals surface area contributed by atoms with E-state index in [0.29, 0.717) is 10.9 Å². The molecule has 1 amide bonds. The third kappa shape index (κ3) is 3.82. The average molecular weight is 355 g/mol. The second-order valence-corrected chi connectivity index (χ2v) is 7.26. The van der Waals surface area contributed by atoms with Gasteiger partial charge >= 0.3 is 0 Å². The molecule has 1 unspecified atom stereocenters. The van der Waals surface area contributed by atoms with Gasteiger partial charge in [-0.3, -0.25) is 9.20 Å². The third-order valence-corrected chi connectivity index (χ3v) is 4.99. The molecule has 3 aromatic rings. The average Bonchev–Trinajstić information content (AvgIpc) is 2.98. The van der Waals surface area contributed by atoms with Crippen molar-refractivity contribution in [3.05, 3.63) is 47.3 Å². The highest BCUT2D eigenvalue weighted by molar-refractivity contribution is 8.00. The Kier molecular flexibility index (Phi) is 5.03. The number of carbonyl (C=O) groups excluding carboxylic acids is 1. The molecule has 0 aliphatic heterocycles. The van der Waals surface area contributed by atoms with E-state index in [2.05, 4.69) is 27.4 Å². The van der Waals surface area contributed by atoms with Crippen LogP contribution in [0.1, 0.15) is 30.8 Å². The van der Waals surface area contributed by atoms with Crippen molar-refractivity contribution < 1.29 is 4.79 Å². The van der Waals surface area contributed by atoms with Gasteiger partial charge in [-0.25, -0.2) is 4.98 Å². The van der Waals surface area contributed by atoms with Crippen LogP contribution < -0.4 is 5.32 Å². The number of anilines is 1. The number of benzene rings is 1. The normalized spacial score (nSPS) is 12.3. The Hall–Kier alpha value is -2.41. The summed E-state index contributed by atoms with van der Waals surface area (Å²) in [5.41, 5.74) is 3.94. The van der Waals surface area contributed by atoms with Crippen molar-refractivity contribution in [1.82, 2.24) is 19.6 Å². The largest absolute Gasteiger partial charge is 0.325 e. The first-order valence-electron chi connectivity index (χ1n) is 8.23. The van der Waals surface area contributed by atoms with E-state index in [1.807, 2.05) is 55.5 Å². The predicted molar refractivity (Wildman–Crippen MR) is 100 cm³/mol. The van der Waals surface area contributed by atoms with Crippen molar-refractivity contribution in [3.8, 4) is 0 Å². The molecule has 25 heavy (non-hydrogen) atoms. The minimum atomic E-state index is -0.307. The number of rotatable bonds is 5. The molecule has 0 bridgehead atoms. The van der Waals surface area contributed by atoms with Crippen LogP contribution in [0.3, 0.4) is 0 Å². The van der Waals surface area contributed by atoms with Gasteiger partial charge in [0.05, 0.1) is 5.25 Å². The first-order chi connectivity index (χ1) is 12.0. The van der Waals surface area contributed by atoms with Gasteiger partial charge in [0.15, 0.2) is 5.16 Å². The van der Waals surface area contributed by atoms with Crippen LogP contribution in [0.4, 0.5) is 5.69 Å². The lowest BCUT2D eigenvalue weighted by atomic mass is 10.1. The van der Waals surface area contributed by atoms with Gasteiger partial charge in [-0.2, -0.15) is 0 Å². The smallest absolute Gasteiger partial charge is 0.256 e. The highest BCUT2D eigenvalue weighted by Crippen LogP contribution is 2.24. The minimum absolute atomic E-state index is 0.0660. The molecule has 2 aromatic heterocycles. The molecule has 0 fully saturated rings. The van der Waals surface area contributed by atoms with E-state index in [4.69, 9.17) is 0 Å². The Bertz CT molecular complexity index is 904. The van der Waals surface area contributed by atoms with Crippen molar-refractivity contribution in [2.24, 2.45) is 0 Å². The summed E-state index contributed by atoms with van der Waals surface area (Å²) >= 11 is 1.37. The van der Waals surface area contributed by atoms with E-state index in [1.165, 1.54) is 17.3 Å². The quantitative estimate of drug-likeness (QED) is 0.710. The lowest BCUT2D eigenvalue weighted by molar-refractivity contribution is -0.115. The van der Waals surface area contributed by atoms with Crippen molar-refractivity contribution in [3.63, 3.8) is 0 Å². The fraction of sp³-hybridized carbons (Fsp3) is 0.333. The zero-order valence-corrected chi connectivity index (χ0v) is 15.6. The second kappa shape index (κ2) is 7.23. The molecule has 0 saturated heterocycles. The van der Waals surface area contributed by atoms with Gasteiger partial charge < -0.3 is 5.32 Å². The Morgan fingerprint density at radius 1 is 1.24 bits per heavy atom. The molecule has 130 valence electrons. The number of amides is 1. The number of aromatic nitrogens is 4. The zero-order valence-electron chi connectivity index (χ0n) is 14.8. The molecule has 0 radical (unpaired) electrons. The molecule has 3 rings (SSSR count). The number of aryl methyl sites for hydroxylation is 3. The maximum absolute atomic E-state index is 12.5. The van der Waals surface area contributed by atoms with Crippen molar-refractivity contribution >= 4 is 29.1 Å². The fourth-order valence-electron chi connectivity index (χ4n) is 2.56. The first kappa shape index (κ1) is 17.4. The van der Waals surface area contributed by atoms with E-state index in [1.54, 1.807) is 0 Å². The summed E-state index contributed by atoms with van der Waals surface area (Å²) in [5.74, 6) is 0.492. The number of hydrogen-bond donors (Lipinski definition) is 1. The standard InChI is InChI=1S/C18H21N5OS/c1-5-14-6-8-15(9-7-14)20-16(24)13(4)25-18-22-21-17-19-11(2)10-12(3)23(17)18/h6-10,13H,5H2,1-4H3,(H,20,24). The van der Waals surface area contributed by atoms with Crippen LogP contribution >= 0.6 is 11.8 Å². The Morgan fingerprint density at radius 3 is 2.64 bits per heavy atom. The first-order valence-corrected chi connectivity index (χ1v) is 9.11. The molecule has 0 aliphatic rings. The number of hydrogen-bond acceptors (Lipinski definition) is 5. The molecule has 1 N–H and O–H groups in total. The van der Waals surface area contributed by atoms with Gasteiger partial charge in [0, 0.05) is 17.1 Å². The number of nitrogens with zero attached hydrogens (tertiary/aromatic N) is 4. The maximum Gasteiger partial charge on any atom is 0.256 e. The Balaban J connectivity index is 1.73. The lowest BCUT2D eigenvalue weighted by Crippen LogP contribution is -2.22. The van der Waals surface area contributed by atoms with Crippen LogP contribution in [-0.2, 0) is 11.2 Å². The zero-order chi connectivity index (χ0) is 18.0. The number of carbonyl (C=O) groups is 1. The summed E-state index contributed by atoms with van der Waals surface area (Å²) in [7, 11) is 0. The maximum atomic E-state index is 12.5. The summed E-state index contributed by atoms with van der Waals surface area (Å²) < 4.78 is 1.87. The van der Waals surface area contributed by atoms with E-state index in [9.17, 15) is 4.79 Å². The SMILES string of the molecule is CCc1ccc(NC(=O)C(C)Sc2nnc3nc(C)cc(C)n23)cc1. The summed E-state index contributed by atoms with van der Waals surface area (Å²) in [5, 5.41) is 11.6. The number of thioether (sulfide) groups is 1. The third-order valence-electron chi connectivity index (χ3n) is 3.94. The summed E-state index contributed by atoms with van der Waals surface area (Å²) in [6, 6.07) is 9.88. The van der Waals surface area contributed by atoms with Crippen LogP contribution in [0.5, 0.6) is 0 Å². The van der Waals surface area contributed by atoms with Crippen molar-refractivity contribution in [2.75, 3.05) is 5.32 Å². The van der Waals surface area contributed by atoms with Gasteiger partial charge in [0.2, 0.25) is 5.91 Å². The second-order valence-electron chi connectivity index (χ2n) is 5.96. The summed E-state index contributed by atoms with van der Waals surface area (Å²) in [6.45, 7) is 7.87. The molecule has 7 heteroatoms. The van der Waals surface area contributed by atoms with E-state index in [0.717, 1.165) is 23.5 Å². The highest BCUT2D eigenvalue weighted by atomic mass is 32.2. The van der Waals surface area contributed by atoms with Crippen LogP contribution in [0, 0.1) is 13.8 Å². The van der Waals surface area contributed by atoms with Gasteiger partial charge in [-0.1, -0.05) is 30.8 Å². The van der Waals surface area contributed by atoms with Crippen LogP contribution in [0.15, 0.2) is 35.5 Å². The fourth-order valence-corrected chi connectivity index (χ4v) is 3.46. The molecule has 0 aliphatic carbocycles. The molecule has 2 heterocycles.